The molecule has 0 aromatic heterocycles. The summed E-state index contributed by atoms with van der Waals surface area (Å²) in [5, 5.41) is 2.77. The Morgan fingerprint density at radius 3 is 2.87 bits per heavy atom. The molecule has 0 spiro atoms. The number of benzene rings is 1. The van der Waals surface area contributed by atoms with Crippen molar-refractivity contribution in [2.45, 2.75) is 6.42 Å². The normalized spacial score (nSPS) is 11.5. The summed E-state index contributed by atoms with van der Waals surface area (Å²) in [6.45, 7) is 0.420. The molecule has 3 nitrogen and oxygen atoms in total. The SMILES string of the molecule is CN=C(N)NCCc1cc(F)ccc1F. The molecule has 15 heavy (non-hydrogen) atoms. The molecular weight excluding hydrogens is 200 g/mol. The summed E-state index contributed by atoms with van der Waals surface area (Å²) >= 11 is 0. The summed E-state index contributed by atoms with van der Waals surface area (Å²) in [5.74, 6) is -0.569. The smallest absolute Gasteiger partial charge is 0.188 e. The molecule has 0 saturated carbocycles. The summed E-state index contributed by atoms with van der Waals surface area (Å²) in [6.07, 6.45) is 0.361. The van der Waals surface area contributed by atoms with Crippen molar-refractivity contribution in [3.63, 3.8) is 0 Å². The average molecular weight is 213 g/mol. The standard InChI is InChI=1S/C10H13F2N3/c1-14-10(13)15-5-4-7-6-8(11)2-3-9(7)12/h2-3,6H,4-5H2,1H3,(H3,13,14,15). The summed E-state index contributed by atoms with van der Waals surface area (Å²) < 4.78 is 25.9. The number of hydrogen-bond acceptors (Lipinski definition) is 1. The van der Waals surface area contributed by atoms with Gasteiger partial charge >= 0.3 is 0 Å². The molecule has 3 N–H and O–H groups in total. The third-order valence-electron chi connectivity index (χ3n) is 1.95. The largest absolute Gasteiger partial charge is 0.370 e. The van der Waals surface area contributed by atoms with Gasteiger partial charge in [-0.2, -0.15) is 0 Å². The number of nitrogens with two attached hydrogens (primary N) is 1. The second-order valence-corrected chi connectivity index (χ2v) is 3.02. The molecule has 0 aliphatic rings. The van der Waals surface area contributed by atoms with Crippen molar-refractivity contribution in [3.05, 3.63) is 35.4 Å². The molecule has 82 valence electrons. The first-order valence-corrected chi connectivity index (χ1v) is 4.53. The van der Waals surface area contributed by atoms with E-state index in [1.54, 1.807) is 7.05 Å². The van der Waals surface area contributed by atoms with Gasteiger partial charge in [0.25, 0.3) is 0 Å². The van der Waals surface area contributed by atoms with Gasteiger partial charge in [0.1, 0.15) is 11.6 Å². The van der Waals surface area contributed by atoms with Crippen LogP contribution in [0.25, 0.3) is 0 Å². The zero-order valence-corrected chi connectivity index (χ0v) is 8.43. The summed E-state index contributed by atoms with van der Waals surface area (Å²) in [4.78, 5) is 3.68. The molecule has 1 rings (SSSR count). The topological polar surface area (TPSA) is 50.4 Å². The van der Waals surface area contributed by atoms with E-state index >= 15 is 0 Å². The minimum Gasteiger partial charge on any atom is -0.370 e. The molecule has 1 aromatic rings. The highest BCUT2D eigenvalue weighted by molar-refractivity contribution is 5.77. The molecule has 0 bridgehead atoms. The first kappa shape index (κ1) is 11.4. The minimum atomic E-state index is -0.441. The monoisotopic (exact) mass is 213 g/mol. The Labute approximate surface area is 87.0 Å². The summed E-state index contributed by atoms with van der Waals surface area (Å²) in [5.41, 5.74) is 5.70. The highest BCUT2D eigenvalue weighted by Crippen LogP contribution is 2.09. The molecule has 0 amide bonds. The van der Waals surface area contributed by atoms with Gasteiger partial charge in [-0.15, -0.1) is 0 Å². The van der Waals surface area contributed by atoms with Crippen LogP contribution in [-0.4, -0.2) is 19.6 Å². The van der Waals surface area contributed by atoms with Crippen LogP contribution in [0.5, 0.6) is 0 Å². The van der Waals surface area contributed by atoms with Crippen molar-refractivity contribution >= 4 is 5.96 Å². The van der Waals surface area contributed by atoms with Crippen LogP contribution in [0.3, 0.4) is 0 Å². The van der Waals surface area contributed by atoms with Crippen LogP contribution in [0.2, 0.25) is 0 Å². The second kappa shape index (κ2) is 5.29. The fourth-order valence-corrected chi connectivity index (χ4v) is 1.14. The average Bonchev–Trinajstić information content (AvgIpc) is 2.23. The minimum absolute atomic E-state index is 0.284. The van der Waals surface area contributed by atoms with Crippen LogP contribution in [0.15, 0.2) is 23.2 Å². The van der Waals surface area contributed by atoms with Gasteiger partial charge in [0, 0.05) is 13.6 Å². The Balaban J connectivity index is 2.54. The first-order chi connectivity index (χ1) is 7.13. The Bertz CT molecular complexity index is 364. The lowest BCUT2D eigenvalue weighted by Gasteiger charge is -2.05. The summed E-state index contributed by atoms with van der Waals surface area (Å²) in [7, 11) is 1.55. The zero-order valence-electron chi connectivity index (χ0n) is 8.43. The maximum Gasteiger partial charge on any atom is 0.188 e. The molecule has 0 unspecified atom stereocenters. The maximum atomic E-state index is 13.1. The van der Waals surface area contributed by atoms with Crippen LogP contribution in [-0.2, 0) is 6.42 Å². The van der Waals surface area contributed by atoms with Crippen molar-refractivity contribution in [3.8, 4) is 0 Å². The third-order valence-corrected chi connectivity index (χ3v) is 1.95. The second-order valence-electron chi connectivity index (χ2n) is 3.02. The van der Waals surface area contributed by atoms with Crippen LogP contribution in [0, 0.1) is 11.6 Å². The summed E-state index contributed by atoms with van der Waals surface area (Å²) in [6, 6.07) is 3.38. The number of halogens is 2. The van der Waals surface area contributed by atoms with Gasteiger partial charge in [-0.05, 0) is 30.2 Å². The highest BCUT2D eigenvalue weighted by atomic mass is 19.1. The third kappa shape index (κ3) is 3.53. The van der Waals surface area contributed by atoms with E-state index in [0.29, 0.717) is 18.5 Å². The van der Waals surface area contributed by atoms with Crippen molar-refractivity contribution in [1.82, 2.24) is 5.32 Å². The Morgan fingerprint density at radius 2 is 2.20 bits per heavy atom. The predicted octanol–water partition coefficient (Wildman–Crippen LogP) is 1.04. The van der Waals surface area contributed by atoms with Gasteiger partial charge < -0.3 is 11.1 Å². The van der Waals surface area contributed by atoms with Gasteiger partial charge in [0.15, 0.2) is 5.96 Å². The molecule has 0 fully saturated rings. The number of hydrogen-bond donors (Lipinski definition) is 2. The van der Waals surface area contributed by atoms with Crippen molar-refractivity contribution < 1.29 is 8.78 Å². The fraction of sp³-hybridized carbons (Fsp3) is 0.300. The number of guanidine groups is 1. The van der Waals surface area contributed by atoms with Crippen molar-refractivity contribution in [1.29, 1.82) is 0 Å². The van der Waals surface area contributed by atoms with Crippen LogP contribution in [0.4, 0.5) is 8.78 Å². The molecule has 0 aliphatic carbocycles. The number of rotatable bonds is 3. The number of aliphatic imine (C=N–C) groups is 1. The number of nitrogens with zero attached hydrogens (tertiary/aromatic N) is 1. The van der Waals surface area contributed by atoms with E-state index in [4.69, 9.17) is 5.73 Å². The Morgan fingerprint density at radius 1 is 1.47 bits per heavy atom. The van der Waals surface area contributed by atoms with Gasteiger partial charge in [-0.3, -0.25) is 4.99 Å². The first-order valence-electron chi connectivity index (χ1n) is 4.53. The Kier molecular flexibility index (Phi) is 4.03. The quantitative estimate of drug-likeness (QED) is 0.582. The predicted molar refractivity (Wildman–Crippen MR) is 55.6 cm³/mol. The van der Waals surface area contributed by atoms with Crippen LogP contribution < -0.4 is 11.1 Å². The van der Waals surface area contributed by atoms with Gasteiger partial charge in [0.05, 0.1) is 0 Å². The molecule has 1 aromatic carbocycles. The van der Waals surface area contributed by atoms with Gasteiger partial charge in [-0.1, -0.05) is 0 Å². The van der Waals surface area contributed by atoms with E-state index < -0.39 is 11.6 Å². The van der Waals surface area contributed by atoms with E-state index in [0.717, 1.165) is 12.1 Å². The Hall–Kier alpha value is -1.65. The molecule has 0 saturated heterocycles. The van der Waals surface area contributed by atoms with Crippen LogP contribution >= 0.6 is 0 Å². The van der Waals surface area contributed by atoms with Gasteiger partial charge in [0.2, 0.25) is 0 Å². The van der Waals surface area contributed by atoms with Crippen molar-refractivity contribution in [2.24, 2.45) is 10.7 Å². The highest BCUT2D eigenvalue weighted by Gasteiger charge is 2.03. The van der Waals surface area contributed by atoms with E-state index in [1.165, 1.54) is 6.07 Å². The lowest BCUT2D eigenvalue weighted by molar-refractivity contribution is 0.583. The van der Waals surface area contributed by atoms with Crippen molar-refractivity contribution in [2.75, 3.05) is 13.6 Å². The van der Waals surface area contributed by atoms with Gasteiger partial charge in [-0.25, -0.2) is 8.78 Å². The number of nitrogens with one attached hydrogen (secondary N) is 1. The van der Waals surface area contributed by atoms with E-state index in [-0.39, 0.29) is 5.96 Å². The molecular formula is C10H13F2N3. The molecule has 0 aliphatic heterocycles. The molecule has 5 heteroatoms. The maximum absolute atomic E-state index is 13.1. The molecule has 0 atom stereocenters. The fourth-order valence-electron chi connectivity index (χ4n) is 1.14. The zero-order chi connectivity index (χ0) is 11.3. The van der Waals surface area contributed by atoms with E-state index in [9.17, 15) is 8.78 Å². The van der Waals surface area contributed by atoms with Crippen LogP contribution in [0.1, 0.15) is 5.56 Å². The molecule has 0 radical (unpaired) electrons. The van der Waals surface area contributed by atoms with E-state index in [2.05, 4.69) is 10.3 Å². The van der Waals surface area contributed by atoms with E-state index in [1.807, 2.05) is 0 Å². The molecule has 0 heterocycles. The lowest BCUT2D eigenvalue weighted by atomic mass is 10.1. The lowest BCUT2D eigenvalue weighted by Crippen LogP contribution is -2.33.